The SMILES string of the molecule is O=C(Nc1ccccn1)C1NCCS1. The second-order valence-electron chi connectivity index (χ2n) is 2.91. The van der Waals surface area contributed by atoms with E-state index in [-0.39, 0.29) is 11.3 Å². The Bertz CT molecular complexity index is 311. The summed E-state index contributed by atoms with van der Waals surface area (Å²) in [7, 11) is 0. The molecule has 1 atom stereocenters. The summed E-state index contributed by atoms with van der Waals surface area (Å²) in [6.07, 6.45) is 1.66. The molecule has 0 aliphatic carbocycles. The highest BCUT2D eigenvalue weighted by Crippen LogP contribution is 2.15. The Morgan fingerprint density at radius 2 is 2.57 bits per heavy atom. The van der Waals surface area contributed by atoms with Gasteiger partial charge < -0.3 is 5.32 Å². The number of carbonyl (C=O) groups is 1. The number of nitrogens with one attached hydrogen (secondary N) is 2. The van der Waals surface area contributed by atoms with Crippen molar-refractivity contribution in [2.75, 3.05) is 17.6 Å². The van der Waals surface area contributed by atoms with E-state index in [1.165, 1.54) is 0 Å². The normalized spacial score (nSPS) is 20.7. The van der Waals surface area contributed by atoms with Gasteiger partial charge in [-0.05, 0) is 12.1 Å². The average molecular weight is 209 g/mol. The molecule has 0 bridgehead atoms. The molecule has 2 heterocycles. The van der Waals surface area contributed by atoms with E-state index in [1.54, 1.807) is 24.0 Å². The Kier molecular flexibility index (Phi) is 3.00. The minimum absolute atomic E-state index is 0.0220. The van der Waals surface area contributed by atoms with Gasteiger partial charge in [0.1, 0.15) is 11.2 Å². The van der Waals surface area contributed by atoms with E-state index in [0.29, 0.717) is 5.82 Å². The second-order valence-corrected chi connectivity index (χ2v) is 4.12. The molecule has 1 amide bonds. The second kappa shape index (κ2) is 4.43. The molecule has 1 aliphatic heterocycles. The molecule has 1 saturated heterocycles. The summed E-state index contributed by atoms with van der Waals surface area (Å²) >= 11 is 1.62. The van der Waals surface area contributed by atoms with Crippen molar-refractivity contribution in [3.8, 4) is 0 Å². The lowest BCUT2D eigenvalue weighted by Crippen LogP contribution is -2.33. The molecule has 4 nitrogen and oxygen atoms in total. The van der Waals surface area contributed by atoms with Gasteiger partial charge >= 0.3 is 0 Å². The monoisotopic (exact) mass is 209 g/mol. The van der Waals surface area contributed by atoms with Gasteiger partial charge in [0.15, 0.2) is 0 Å². The molecule has 1 unspecified atom stereocenters. The Hall–Kier alpha value is -1.07. The Balaban J connectivity index is 1.94. The van der Waals surface area contributed by atoms with Crippen molar-refractivity contribution in [2.45, 2.75) is 5.37 Å². The third-order valence-electron chi connectivity index (χ3n) is 1.87. The molecule has 0 spiro atoms. The first-order valence-corrected chi connectivity index (χ1v) is 5.48. The van der Waals surface area contributed by atoms with Crippen molar-refractivity contribution in [2.24, 2.45) is 0 Å². The van der Waals surface area contributed by atoms with Crippen molar-refractivity contribution in [1.29, 1.82) is 0 Å². The maximum absolute atomic E-state index is 11.6. The molecule has 0 radical (unpaired) electrons. The third-order valence-corrected chi connectivity index (χ3v) is 3.02. The van der Waals surface area contributed by atoms with Crippen LogP contribution in [0.15, 0.2) is 24.4 Å². The molecule has 1 fully saturated rings. The number of hydrogen-bond donors (Lipinski definition) is 2. The first kappa shape index (κ1) is 9.48. The predicted molar refractivity (Wildman–Crippen MR) is 57.1 cm³/mol. The molecule has 14 heavy (non-hydrogen) atoms. The summed E-state index contributed by atoms with van der Waals surface area (Å²) < 4.78 is 0. The maximum Gasteiger partial charge on any atom is 0.253 e. The maximum atomic E-state index is 11.6. The molecule has 1 aromatic heterocycles. The van der Waals surface area contributed by atoms with Crippen LogP contribution in [0.5, 0.6) is 0 Å². The third kappa shape index (κ3) is 2.24. The first-order chi connectivity index (χ1) is 6.86. The van der Waals surface area contributed by atoms with Crippen LogP contribution in [0.1, 0.15) is 0 Å². The number of anilines is 1. The number of carbonyl (C=O) groups excluding carboxylic acids is 1. The number of aromatic nitrogens is 1. The summed E-state index contributed by atoms with van der Waals surface area (Å²) in [5.41, 5.74) is 0. The topological polar surface area (TPSA) is 54.0 Å². The number of nitrogens with zero attached hydrogens (tertiary/aromatic N) is 1. The van der Waals surface area contributed by atoms with Gasteiger partial charge in [0.25, 0.3) is 5.91 Å². The minimum atomic E-state index is -0.128. The van der Waals surface area contributed by atoms with Crippen LogP contribution < -0.4 is 10.6 Å². The van der Waals surface area contributed by atoms with Gasteiger partial charge in [-0.25, -0.2) is 4.98 Å². The average Bonchev–Trinajstić information content (AvgIpc) is 2.72. The largest absolute Gasteiger partial charge is 0.309 e. The molecule has 0 aromatic carbocycles. The van der Waals surface area contributed by atoms with Crippen LogP contribution in [0.4, 0.5) is 5.82 Å². The quantitative estimate of drug-likeness (QED) is 0.752. The fourth-order valence-electron chi connectivity index (χ4n) is 1.22. The summed E-state index contributed by atoms with van der Waals surface area (Å²) in [4.78, 5) is 15.6. The molecule has 0 saturated carbocycles. The van der Waals surface area contributed by atoms with Crippen LogP contribution in [0.3, 0.4) is 0 Å². The number of amides is 1. The lowest BCUT2D eigenvalue weighted by Gasteiger charge is -2.09. The van der Waals surface area contributed by atoms with Crippen molar-refractivity contribution in [3.05, 3.63) is 24.4 Å². The highest BCUT2D eigenvalue weighted by atomic mass is 32.2. The Morgan fingerprint density at radius 3 is 3.21 bits per heavy atom. The van der Waals surface area contributed by atoms with Gasteiger partial charge in [-0.15, -0.1) is 11.8 Å². The standard InChI is InChI=1S/C9H11N3OS/c13-8(9-11-5-6-14-9)12-7-3-1-2-4-10-7/h1-4,9,11H,5-6H2,(H,10,12,13). The van der Waals surface area contributed by atoms with Gasteiger partial charge in [0, 0.05) is 18.5 Å². The summed E-state index contributed by atoms with van der Waals surface area (Å²) in [5.74, 6) is 1.57. The zero-order valence-electron chi connectivity index (χ0n) is 7.56. The van der Waals surface area contributed by atoms with Crippen molar-refractivity contribution in [3.63, 3.8) is 0 Å². The molecular weight excluding hydrogens is 198 g/mol. The van der Waals surface area contributed by atoms with Gasteiger partial charge in [-0.3, -0.25) is 10.1 Å². The Morgan fingerprint density at radius 1 is 1.64 bits per heavy atom. The molecule has 2 N–H and O–H groups in total. The number of rotatable bonds is 2. The smallest absolute Gasteiger partial charge is 0.253 e. The van der Waals surface area contributed by atoms with E-state index in [9.17, 15) is 4.79 Å². The molecule has 1 aromatic rings. The number of pyridine rings is 1. The van der Waals surface area contributed by atoms with Gasteiger partial charge in [0.05, 0.1) is 0 Å². The number of thioether (sulfide) groups is 1. The zero-order chi connectivity index (χ0) is 9.80. The molecule has 5 heteroatoms. The fourth-order valence-corrected chi connectivity index (χ4v) is 2.14. The van der Waals surface area contributed by atoms with E-state index in [4.69, 9.17) is 0 Å². The highest BCUT2D eigenvalue weighted by molar-refractivity contribution is 8.00. The van der Waals surface area contributed by atoms with Gasteiger partial charge in [-0.2, -0.15) is 0 Å². The summed E-state index contributed by atoms with van der Waals surface area (Å²) in [6.45, 7) is 0.894. The molecular formula is C9H11N3OS. The van der Waals surface area contributed by atoms with Crippen LogP contribution in [-0.4, -0.2) is 28.6 Å². The van der Waals surface area contributed by atoms with E-state index in [1.807, 2.05) is 12.1 Å². The lowest BCUT2D eigenvalue weighted by molar-refractivity contribution is -0.116. The van der Waals surface area contributed by atoms with Crippen molar-refractivity contribution >= 4 is 23.5 Å². The van der Waals surface area contributed by atoms with Crippen LogP contribution >= 0.6 is 11.8 Å². The van der Waals surface area contributed by atoms with E-state index < -0.39 is 0 Å². The molecule has 1 aliphatic rings. The van der Waals surface area contributed by atoms with Crippen molar-refractivity contribution in [1.82, 2.24) is 10.3 Å². The van der Waals surface area contributed by atoms with E-state index in [2.05, 4.69) is 15.6 Å². The summed E-state index contributed by atoms with van der Waals surface area (Å²) in [5, 5.41) is 5.72. The van der Waals surface area contributed by atoms with Crippen LogP contribution in [0, 0.1) is 0 Å². The van der Waals surface area contributed by atoms with Crippen LogP contribution in [-0.2, 0) is 4.79 Å². The van der Waals surface area contributed by atoms with Gasteiger partial charge in [-0.1, -0.05) is 6.07 Å². The Labute approximate surface area is 86.5 Å². The number of hydrogen-bond acceptors (Lipinski definition) is 4. The lowest BCUT2D eigenvalue weighted by atomic mass is 10.4. The van der Waals surface area contributed by atoms with Crippen LogP contribution in [0.25, 0.3) is 0 Å². The fraction of sp³-hybridized carbons (Fsp3) is 0.333. The highest BCUT2D eigenvalue weighted by Gasteiger charge is 2.22. The van der Waals surface area contributed by atoms with Gasteiger partial charge in [0.2, 0.25) is 0 Å². The predicted octanol–water partition coefficient (Wildman–Crippen LogP) is 0.683. The van der Waals surface area contributed by atoms with E-state index >= 15 is 0 Å². The first-order valence-electron chi connectivity index (χ1n) is 4.43. The zero-order valence-corrected chi connectivity index (χ0v) is 8.38. The minimum Gasteiger partial charge on any atom is -0.309 e. The summed E-state index contributed by atoms with van der Waals surface area (Å²) in [6, 6.07) is 5.44. The van der Waals surface area contributed by atoms with Crippen LogP contribution in [0.2, 0.25) is 0 Å². The molecule has 74 valence electrons. The van der Waals surface area contributed by atoms with Crippen molar-refractivity contribution < 1.29 is 4.79 Å². The molecule has 2 rings (SSSR count). The van der Waals surface area contributed by atoms with E-state index in [0.717, 1.165) is 12.3 Å².